The Morgan fingerprint density at radius 1 is 1.05 bits per heavy atom. The number of nitrogens with zero attached hydrogens (tertiary/aromatic N) is 2. The minimum Gasteiger partial charge on any atom is -0.480 e. The monoisotopic (exact) mass is 537 g/mol. The van der Waals surface area contributed by atoms with Crippen LogP contribution in [0.2, 0.25) is 0 Å². The second-order valence-corrected chi connectivity index (χ2v) is 9.80. The molecule has 0 saturated carbocycles. The molecule has 14 nitrogen and oxygen atoms in total. The second kappa shape index (κ2) is 16.2. The molecule has 3 amide bonds. The van der Waals surface area contributed by atoms with Gasteiger partial charge in [-0.15, -0.1) is 0 Å². The van der Waals surface area contributed by atoms with E-state index in [-0.39, 0.29) is 37.2 Å². The summed E-state index contributed by atoms with van der Waals surface area (Å²) in [5.41, 5.74) is 17.2. The van der Waals surface area contributed by atoms with Crippen molar-refractivity contribution in [3.63, 3.8) is 0 Å². The minimum atomic E-state index is -1.22. The lowest BCUT2D eigenvalue weighted by molar-refractivity contribution is -0.143. The Hall–Kier alpha value is -3.68. The van der Waals surface area contributed by atoms with Crippen molar-refractivity contribution in [3.8, 4) is 0 Å². The van der Waals surface area contributed by atoms with Gasteiger partial charge in [-0.1, -0.05) is 34.1 Å². The highest BCUT2D eigenvalue weighted by Gasteiger charge is 2.33. The molecule has 0 saturated heterocycles. The molecular weight excluding hydrogens is 494 g/mol. The molecule has 1 heterocycles. The Balaban J connectivity index is 3.03. The quantitative estimate of drug-likeness (QED) is 0.0686. The molecule has 0 radical (unpaired) electrons. The second-order valence-electron chi connectivity index (χ2n) is 9.80. The number of rotatable bonds is 17. The number of hydrogen-bond donors (Lipinski definition) is 8. The summed E-state index contributed by atoms with van der Waals surface area (Å²) in [6, 6.07) is -4.10. The highest BCUT2D eigenvalue weighted by molar-refractivity contribution is 5.94. The molecule has 0 aliphatic carbocycles. The number of aliphatic carboxylic acids is 1. The van der Waals surface area contributed by atoms with E-state index in [0.717, 1.165) is 0 Å². The average Bonchev–Trinajstić information content (AvgIpc) is 3.35. The molecule has 1 aromatic rings. The zero-order valence-electron chi connectivity index (χ0n) is 22.6. The van der Waals surface area contributed by atoms with Crippen molar-refractivity contribution in [2.75, 3.05) is 6.54 Å². The summed E-state index contributed by atoms with van der Waals surface area (Å²) in [5, 5.41) is 17.5. The van der Waals surface area contributed by atoms with Gasteiger partial charge in [-0.25, -0.2) is 9.78 Å². The third kappa shape index (κ3) is 11.6. The Labute approximate surface area is 223 Å². The molecule has 5 atom stereocenters. The first-order chi connectivity index (χ1) is 17.8. The third-order valence-corrected chi connectivity index (χ3v) is 6.03. The summed E-state index contributed by atoms with van der Waals surface area (Å²) in [5.74, 6) is -3.23. The van der Waals surface area contributed by atoms with E-state index >= 15 is 0 Å². The molecular formula is C24H43N9O5. The lowest BCUT2D eigenvalue weighted by Gasteiger charge is -2.28. The SMILES string of the molecule is CCC(C)C(NC(=O)C(Cc1cnc[nH]1)NC(=O)C(N)CC(C)C)C(=O)NC(CCCN=C(N)N)C(=O)O. The molecule has 214 valence electrons. The van der Waals surface area contributed by atoms with Gasteiger partial charge in [0.1, 0.15) is 18.1 Å². The number of aliphatic imine (C=N–C) groups is 1. The number of carboxylic acid groups (broad SMARTS) is 1. The van der Waals surface area contributed by atoms with Crippen LogP contribution in [0.25, 0.3) is 0 Å². The number of amides is 3. The average molecular weight is 538 g/mol. The number of aromatic nitrogens is 2. The van der Waals surface area contributed by atoms with Crippen LogP contribution >= 0.6 is 0 Å². The van der Waals surface area contributed by atoms with Crippen molar-refractivity contribution in [3.05, 3.63) is 18.2 Å². The van der Waals surface area contributed by atoms with Crippen LogP contribution in [-0.2, 0) is 25.6 Å². The Kier molecular flexibility index (Phi) is 13.8. The number of carbonyl (C=O) groups is 4. The van der Waals surface area contributed by atoms with E-state index < -0.39 is 47.9 Å². The van der Waals surface area contributed by atoms with Gasteiger partial charge in [0.25, 0.3) is 0 Å². The molecule has 0 aliphatic heterocycles. The van der Waals surface area contributed by atoms with Crippen LogP contribution in [0.3, 0.4) is 0 Å². The number of aromatic amines is 1. The highest BCUT2D eigenvalue weighted by atomic mass is 16.4. The number of nitrogens with one attached hydrogen (secondary N) is 4. The van der Waals surface area contributed by atoms with Gasteiger partial charge < -0.3 is 43.2 Å². The maximum Gasteiger partial charge on any atom is 0.326 e. The fraction of sp³-hybridized carbons (Fsp3) is 0.667. The van der Waals surface area contributed by atoms with E-state index in [0.29, 0.717) is 25.0 Å². The van der Waals surface area contributed by atoms with E-state index in [1.807, 2.05) is 20.8 Å². The standard InChI is InChI=1S/C24H43N9O5/c1-5-14(4)19(22(36)31-17(23(37)38)7-6-8-29-24(26)27)33-21(35)18(10-15-11-28-12-30-15)32-20(34)16(25)9-13(2)3/h11-14,16-19H,5-10,25H2,1-4H3,(H,28,30)(H,31,36)(H,32,34)(H,33,35)(H,37,38)(H4,26,27,29). The molecule has 38 heavy (non-hydrogen) atoms. The zero-order valence-corrected chi connectivity index (χ0v) is 22.6. The normalized spacial score (nSPS) is 15.0. The molecule has 1 rings (SSSR count). The summed E-state index contributed by atoms with van der Waals surface area (Å²) in [6.45, 7) is 7.68. The third-order valence-electron chi connectivity index (χ3n) is 6.03. The lowest BCUT2D eigenvalue weighted by atomic mass is 9.96. The molecule has 14 heteroatoms. The smallest absolute Gasteiger partial charge is 0.326 e. The van der Waals surface area contributed by atoms with Crippen LogP contribution in [0.4, 0.5) is 0 Å². The van der Waals surface area contributed by atoms with E-state index in [2.05, 4.69) is 30.9 Å². The van der Waals surface area contributed by atoms with E-state index in [9.17, 15) is 24.3 Å². The van der Waals surface area contributed by atoms with Crippen LogP contribution in [0.15, 0.2) is 17.5 Å². The topological polar surface area (TPSA) is 244 Å². The van der Waals surface area contributed by atoms with Crippen LogP contribution in [0.1, 0.15) is 59.1 Å². The van der Waals surface area contributed by atoms with Crippen molar-refractivity contribution in [1.29, 1.82) is 0 Å². The van der Waals surface area contributed by atoms with Gasteiger partial charge in [-0.2, -0.15) is 0 Å². The van der Waals surface area contributed by atoms with Crippen LogP contribution in [0.5, 0.6) is 0 Å². The Morgan fingerprint density at radius 2 is 1.71 bits per heavy atom. The molecule has 5 unspecified atom stereocenters. The zero-order chi connectivity index (χ0) is 28.8. The number of carbonyl (C=O) groups excluding carboxylic acids is 3. The van der Waals surface area contributed by atoms with Crippen molar-refractivity contribution in [1.82, 2.24) is 25.9 Å². The maximum absolute atomic E-state index is 13.3. The Morgan fingerprint density at radius 3 is 2.24 bits per heavy atom. The number of carboxylic acids is 1. The first kappa shape index (κ1) is 32.3. The van der Waals surface area contributed by atoms with Crippen LogP contribution < -0.4 is 33.2 Å². The molecule has 0 fully saturated rings. The van der Waals surface area contributed by atoms with Gasteiger partial charge >= 0.3 is 5.97 Å². The van der Waals surface area contributed by atoms with Crippen LogP contribution in [0, 0.1) is 11.8 Å². The fourth-order valence-corrected chi connectivity index (χ4v) is 3.70. The maximum atomic E-state index is 13.3. The first-order valence-electron chi connectivity index (χ1n) is 12.8. The van der Waals surface area contributed by atoms with E-state index in [1.165, 1.54) is 12.5 Å². The highest BCUT2D eigenvalue weighted by Crippen LogP contribution is 2.11. The summed E-state index contributed by atoms with van der Waals surface area (Å²) in [7, 11) is 0. The molecule has 11 N–H and O–H groups in total. The molecule has 0 aromatic carbocycles. The van der Waals surface area contributed by atoms with Gasteiger partial charge in [0, 0.05) is 24.9 Å². The van der Waals surface area contributed by atoms with Crippen molar-refractivity contribution in [2.24, 2.45) is 34.0 Å². The number of H-pyrrole nitrogens is 1. The van der Waals surface area contributed by atoms with Gasteiger partial charge in [0.15, 0.2) is 5.96 Å². The lowest BCUT2D eigenvalue weighted by Crippen LogP contribution is -2.59. The van der Waals surface area contributed by atoms with Crippen molar-refractivity contribution in [2.45, 2.75) is 84.0 Å². The van der Waals surface area contributed by atoms with Gasteiger partial charge in [0.2, 0.25) is 17.7 Å². The number of guanidine groups is 1. The van der Waals surface area contributed by atoms with Gasteiger partial charge in [-0.05, 0) is 31.1 Å². The number of imidazole rings is 1. The van der Waals surface area contributed by atoms with E-state index in [4.69, 9.17) is 17.2 Å². The van der Waals surface area contributed by atoms with Crippen LogP contribution in [-0.4, -0.2) is 75.4 Å². The largest absolute Gasteiger partial charge is 0.480 e. The molecule has 1 aromatic heterocycles. The summed E-state index contributed by atoms with van der Waals surface area (Å²) in [6.07, 6.45) is 4.43. The summed E-state index contributed by atoms with van der Waals surface area (Å²) < 4.78 is 0. The first-order valence-corrected chi connectivity index (χ1v) is 12.8. The summed E-state index contributed by atoms with van der Waals surface area (Å²) >= 11 is 0. The molecule has 0 aliphatic rings. The van der Waals surface area contributed by atoms with Gasteiger partial charge in [0.05, 0.1) is 12.4 Å². The Bertz CT molecular complexity index is 932. The predicted molar refractivity (Wildman–Crippen MR) is 143 cm³/mol. The van der Waals surface area contributed by atoms with E-state index in [1.54, 1.807) is 6.92 Å². The summed E-state index contributed by atoms with van der Waals surface area (Å²) in [4.78, 5) is 61.6. The predicted octanol–water partition coefficient (Wildman–Crippen LogP) is -1.04. The number of nitrogens with two attached hydrogens (primary N) is 3. The number of hydrogen-bond acceptors (Lipinski definition) is 7. The molecule has 0 bridgehead atoms. The fourth-order valence-electron chi connectivity index (χ4n) is 3.70. The minimum absolute atomic E-state index is 0.0867. The van der Waals surface area contributed by atoms with Gasteiger partial charge in [-0.3, -0.25) is 19.4 Å². The molecule has 0 spiro atoms. The van der Waals surface area contributed by atoms with Crippen molar-refractivity contribution >= 4 is 29.7 Å². The van der Waals surface area contributed by atoms with Crippen molar-refractivity contribution < 1.29 is 24.3 Å².